The van der Waals surface area contributed by atoms with Crippen LogP contribution in [0.5, 0.6) is 0 Å². The SMILES string of the molecule is CCc1ccc(C2=CC(Cl)CCCC2)cc1. The Morgan fingerprint density at radius 1 is 1.19 bits per heavy atom. The van der Waals surface area contributed by atoms with Crippen molar-refractivity contribution in [3.8, 4) is 0 Å². The van der Waals surface area contributed by atoms with Gasteiger partial charge in [0.1, 0.15) is 0 Å². The summed E-state index contributed by atoms with van der Waals surface area (Å²) in [4.78, 5) is 0. The quantitative estimate of drug-likeness (QED) is 0.644. The highest BCUT2D eigenvalue weighted by Crippen LogP contribution is 2.28. The van der Waals surface area contributed by atoms with Gasteiger partial charge in [-0.05, 0) is 42.4 Å². The molecular weight excluding hydrogens is 216 g/mol. The van der Waals surface area contributed by atoms with E-state index in [0.717, 1.165) is 12.8 Å². The Kier molecular flexibility index (Phi) is 4.06. The summed E-state index contributed by atoms with van der Waals surface area (Å²) in [5.74, 6) is 0. The second-order valence-electron chi connectivity index (χ2n) is 4.50. The Morgan fingerprint density at radius 3 is 2.62 bits per heavy atom. The standard InChI is InChI=1S/C15H19Cl/c1-2-12-7-9-13(10-8-12)14-5-3-4-6-15(16)11-14/h7-11,15H,2-6H2,1H3. The van der Waals surface area contributed by atoms with E-state index in [-0.39, 0.29) is 5.38 Å². The first kappa shape index (κ1) is 11.7. The van der Waals surface area contributed by atoms with E-state index in [2.05, 4.69) is 37.3 Å². The fourth-order valence-electron chi connectivity index (χ4n) is 2.23. The van der Waals surface area contributed by atoms with Gasteiger partial charge >= 0.3 is 0 Å². The molecule has 1 aliphatic rings. The van der Waals surface area contributed by atoms with Crippen molar-refractivity contribution < 1.29 is 0 Å². The van der Waals surface area contributed by atoms with E-state index in [1.54, 1.807) is 0 Å². The van der Waals surface area contributed by atoms with Gasteiger partial charge in [-0.25, -0.2) is 0 Å². The average Bonchev–Trinajstić information content (AvgIpc) is 2.54. The number of aryl methyl sites for hydroxylation is 1. The second kappa shape index (κ2) is 5.54. The Labute approximate surface area is 103 Å². The van der Waals surface area contributed by atoms with Crippen LogP contribution in [0.25, 0.3) is 5.57 Å². The highest BCUT2D eigenvalue weighted by Gasteiger charge is 2.10. The topological polar surface area (TPSA) is 0 Å². The highest BCUT2D eigenvalue weighted by atomic mass is 35.5. The summed E-state index contributed by atoms with van der Waals surface area (Å²) in [7, 11) is 0. The fourth-order valence-corrected chi connectivity index (χ4v) is 2.54. The summed E-state index contributed by atoms with van der Waals surface area (Å²) in [6.45, 7) is 2.19. The molecule has 1 unspecified atom stereocenters. The van der Waals surface area contributed by atoms with E-state index in [4.69, 9.17) is 11.6 Å². The van der Waals surface area contributed by atoms with Crippen LogP contribution in [-0.4, -0.2) is 5.38 Å². The van der Waals surface area contributed by atoms with Crippen molar-refractivity contribution in [1.82, 2.24) is 0 Å². The van der Waals surface area contributed by atoms with Gasteiger partial charge in [0, 0.05) is 0 Å². The maximum absolute atomic E-state index is 6.25. The number of hydrogen-bond acceptors (Lipinski definition) is 0. The van der Waals surface area contributed by atoms with Gasteiger partial charge in [0.25, 0.3) is 0 Å². The summed E-state index contributed by atoms with van der Waals surface area (Å²) in [5, 5.41) is 0.225. The van der Waals surface area contributed by atoms with Crippen LogP contribution < -0.4 is 0 Å². The normalized spacial score (nSPS) is 21.4. The molecule has 1 aromatic rings. The Morgan fingerprint density at radius 2 is 1.94 bits per heavy atom. The second-order valence-corrected chi connectivity index (χ2v) is 5.06. The Hall–Kier alpha value is -0.750. The summed E-state index contributed by atoms with van der Waals surface area (Å²) in [6, 6.07) is 8.92. The van der Waals surface area contributed by atoms with Crippen molar-refractivity contribution in [2.75, 3.05) is 0 Å². The highest BCUT2D eigenvalue weighted by molar-refractivity contribution is 6.22. The lowest BCUT2D eigenvalue weighted by molar-refractivity contribution is 0.724. The number of hydrogen-bond donors (Lipinski definition) is 0. The minimum atomic E-state index is 0.225. The first-order valence-electron chi connectivity index (χ1n) is 6.23. The smallest absolute Gasteiger partial charge is 0.0521 e. The lowest BCUT2D eigenvalue weighted by Crippen LogP contribution is -1.91. The molecule has 1 aromatic carbocycles. The van der Waals surface area contributed by atoms with Crippen LogP contribution in [0.1, 0.15) is 43.7 Å². The van der Waals surface area contributed by atoms with Crippen LogP contribution in [0.2, 0.25) is 0 Å². The Bertz CT molecular complexity index is 362. The monoisotopic (exact) mass is 234 g/mol. The molecule has 0 N–H and O–H groups in total. The van der Waals surface area contributed by atoms with E-state index in [0.29, 0.717) is 0 Å². The number of rotatable bonds is 2. The maximum Gasteiger partial charge on any atom is 0.0521 e. The third kappa shape index (κ3) is 2.89. The van der Waals surface area contributed by atoms with Gasteiger partial charge in [-0.15, -0.1) is 11.6 Å². The predicted octanol–water partition coefficient (Wildman–Crippen LogP) is 4.81. The molecule has 1 atom stereocenters. The van der Waals surface area contributed by atoms with Gasteiger partial charge in [-0.1, -0.05) is 43.7 Å². The van der Waals surface area contributed by atoms with E-state index in [1.165, 1.54) is 36.0 Å². The molecule has 1 aliphatic carbocycles. The largest absolute Gasteiger partial charge is 0.118 e. The summed E-state index contributed by atoms with van der Waals surface area (Å²) >= 11 is 6.25. The molecule has 0 saturated heterocycles. The first-order valence-corrected chi connectivity index (χ1v) is 6.67. The molecule has 0 saturated carbocycles. The zero-order valence-electron chi connectivity index (χ0n) is 9.88. The van der Waals surface area contributed by atoms with Crippen LogP contribution >= 0.6 is 11.6 Å². The molecule has 0 radical (unpaired) electrons. The van der Waals surface area contributed by atoms with Crippen LogP contribution in [-0.2, 0) is 6.42 Å². The molecular formula is C15H19Cl. The zero-order valence-corrected chi connectivity index (χ0v) is 10.6. The molecule has 1 heteroatoms. The minimum absolute atomic E-state index is 0.225. The van der Waals surface area contributed by atoms with Gasteiger partial charge < -0.3 is 0 Å². The van der Waals surface area contributed by atoms with E-state index < -0.39 is 0 Å². The van der Waals surface area contributed by atoms with Crippen LogP contribution in [0.4, 0.5) is 0 Å². The van der Waals surface area contributed by atoms with Crippen molar-refractivity contribution >= 4 is 17.2 Å². The molecule has 0 spiro atoms. The van der Waals surface area contributed by atoms with E-state index in [9.17, 15) is 0 Å². The van der Waals surface area contributed by atoms with Gasteiger partial charge in [-0.2, -0.15) is 0 Å². The summed E-state index contributed by atoms with van der Waals surface area (Å²) in [5.41, 5.74) is 4.19. The van der Waals surface area contributed by atoms with Crippen molar-refractivity contribution in [3.63, 3.8) is 0 Å². The number of alkyl halides is 1. The molecule has 2 rings (SSSR count). The van der Waals surface area contributed by atoms with Crippen molar-refractivity contribution in [2.24, 2.45) is 0 Å². The molecule has 0 bridgehead atoms. The Balaban J connectivity index is 2.21. The van der Waals surface area contributed by atoms with Crippen LogP contribution in [0.15, 0.2) is 30.3 Å². The van der Waals surface area contributed by atoms with Gasteiger partial charge in [-0.3, -0.25) is 0 Å². The average molecular weight is 235 g/mol. The number of allylic oxidation sites excluding steroid dienone is 2. The third-order valence-corrected chi connectivity index (χ3v) is 3.64. The molecule has 0 aromatic heterocycles. The van der Waals surface area contributed by atoms with Gasteiger partial charge in [0.05, 0.1) is 5.38 Å². The molecule has 0 heterocycles. The lowest BCUT2D eigenvalue weighted by atomic mass is 9.99. The zero-order chi connectivity index (χ0) is 11.4. The molecule has 0 aliphatic heterocycles. The predicted molar refractivity (Wildman–Crippen MR) is 71.9 cm³/mol. The van der Waals surface area contributed by atoms with Crippen LogP contribution in [0.3, 0.4) is 0 Å². The molecule has 86 valence electrons. The molecule has 0 fully saturated rings. The van der Waals surface area contributed by atoms with Crippen molar-refractivity contribution in [3.05, 3.63) is 41.5 Å². The first-order chi connectivity index (χ1) is 7.79. The summed E-state index contributed by atoms with van der Waals surface area (Å²) < 4.78 is 0. The van der Waals surface area contributed by atoms with Gasteiger partial charge in [0.2, 0.25) is 0 Å². The van der Waals surface area contributed by atoms with Crippen LogP contribution in [0, 0.1) is 0 Å². The van der Waals surface area contributed by atoms with Crippen molar-refractivity contribution in [2.45, 2.75) is 44.4 Å². The minimum Gasteiger partial charge on any atom is -0.118 e. The number of halogens is 1. The lowest BCUT2D eigenvalue weighted by Gasteiger charge is -2.07. The van der Waals surface area contributed by atoms with E-state index in [1.807, 2.05) is 0 Å². The third-order valence-electron chi connectivity index (χ3n) is 3.29. The molecule has 0 amide bonds. The fraction of sp³-hybridized carbons (Fsp3) is 0.467. The van der Waals surface area contributed by atoms with Gasteiger partial charge in [0.15, 0.2) is 0 Å². The molecule has 16 heavy (non-hydrogen) atoms. The summed E-state index contributed by atoms with van der Waals surface area (Å²) in [6.07, 6.45) is 8.17. The van der Waals surface area contributed by atoms with E-state index >= 15 is 0 Å². The maximum atomic E-state index is 6.25. The van der Waals surface area contributed by atoms with Crippen molar-refractivity contribution in [1.29, 1.82) is 0 Å². The number of benzene rings is 1. The molecule has 0 nitrogen and oxygen atoms in total.